The van der Waals surface area contributed by atoms with Crippen LogP contribution in [0.1, 0.15) is 70.6 Å². The van der Waals surface area contributed by atoms with Gasteiger partial charge in [-0.2, -0.15) is 0 Å². The summed E-state index contributed by atoms with van der Waals surface area (Å²) in [7, 11) is 0. The van der Waals surface area contributed by atoms with Gasteiger partial charge < -0.3 is 5.73 Å². The number of fused-ring (bicyclic) bond motifs is 1. The predicted molar refractivity (Wildman–Crippen MR) is 88.0 cm³/mol. The van der Waals surface area contributed by atoms with Gasteiger partial charge in [0, 0.05) is 0 Å². The molecule has 1 aromatic carbocycles. The Bertz CT molecular complexity index is 396. The minimum Gasteiger partial charge on any atom is -0.372 e. The third-order valence-electron chi connectivity index (χ3n) is 3.75. The zero-order valence-electron chi connectivity index (χ0n) is 13.8. The summed E-state index contributed by atoms with van der Waals surface area (Å²) in [6, 6.07) is 7.16. The second-order valence-corrected chi connectivity index (χ2v) is 5.61. The van der Waals surface area contributed by atoms with Gasteiger partial charge in [-0.05, 0) is 47.8 Å². The van der Waals surface area contributed by atoms with E-state index < -0.39 is 0 Å². The minimum absolute atomic E-state index is 0.250. The van der Waals surface area contributed by atoms with Crippen LogP contribution in [0.4, 0.5) is 0 Å². The number of aryl methyl sites for hydroxylation is 2. The van der Waals surface area contributed by atoms with Crippen LogP contribution in [0, 0.1) is 0 Å². The molecule has 1 aromatic rings. The molecule has 0 radical (unpaired) electrons. The van der Waals surface area contributed by atoms with Crippen molar-refractivity contribution in [1.82, 2.24) is 0 Å². The fourth-order valence-electron chi connectivity index (χ4n) is 2.76. The van der Waals surface area contributed by atoms with Gasteiger partial charge in [0.25, 0.3) is 0 Å². The van der Waals surface area contributed by atoms with Crippen molar-refractivity contribution in [3.05, 3.63) is 34.9 Å². The molecule has 0 saturated carbocycles. The van der Waals surface area contributed by atoms with Crippen LogP contribution in [0.3, 0.4) is 0 Å². The van der Waals surface area contributed by atoms with Gasteiger partial charge in [0.2, 0.25) is 6.41 Å². The quantitative estimate of drug-likeness (QED) is 0.819. The summed E-state index contributed by atoms with van der Waals surface area (Å²) in [5.74, 6) is 0. The van der Waals surface area contributed by atoms with Gasteiger partial charge in [0.1, 0.15) is 0 Å². The highest BCUT2D eigenvalue weighted by molar-refractivity contribution is 5.42. The Labute approximate surface area is 124 Å². The van der Waals surface area contributed by atoms with Crippen molar-refractivity contribution in [2.45, 2.75) is 72.1 Å². The lowest BCUT2D eigenvalue weighted by Gasteiger charge is -2.25. The van der Waals surface area contributed by atoms with Gasteiger partial charge >= 0.3 is 0 Å². The van der Waals surface area contributed by atoms with Gasteiger partial charge in [-0.3, -0.25) is 4.79 Å². The monoisotopic (exact) mass is 277 g/mol. The van der Waals surface area contributed by atoms with Gasteiger partial charge in [0.15, 0.2) is 0 Å². The van der Waals surface area contributed by atoms with Crippen LogP contribution in [0.5, 0.6) is 0 Å². The summed E-state index contributed by atoms with van der Waals surface area (Å²) in [4.78, 5) is 8.58. The van der Waals surface area contributed by atoms with Crippen LogP contribution in [-0.2, 0) is 23.1 Å². The van der Waals surface area contributed by atoms with E-state index in [1.54, 1.807) is 11.1 Å². The zero-order chi connectivity index (χ0) is 15.6. The van der Waals surface area contributed by atoms with Crippen LogP contribution in [0.2, 0.25) is 0 Å². The van der Waals surface area contributed by atoms with Gasteiger partial charge in [-0.25, -0.2) is 0 Å². The average molecular weight is 277 g/mol. The maximum Gasteiger partial charge on any atom is 0.204 e. The largest absolute Gasteiger partial charge is 0.372 e. The molecule has 0 aliphatic heterocycles. The van der Waals surface area contributed by atoms with Crippen LogP contribution < -0.4 is 5.73 Å². The number of carbonyl (C=O) groups excluding carboxylic acids is 1. The standard InChI is InChI=1S/C15H22.C2H6.CH3NO/c1-4-10-15(2,3)14-9-8-12-6-5-7-13(12)11-14;1-2;2-1-3/h8-9,11H,4-7,10H2,1-3H3;1-2H3;1H,(H2,2,3). The van der Waals surface area contributed by atoms with E-state index in [2.05, 4.69) is 44.7 Å². The van der Waals surface area contributed by atoms with E-state index in [9.17, 15) is 0 Å². The summed E-state index contributed by atoms with van der Waals surface area (Å²) < 4.78 is 0. The van der Waals surface area contributed by atoms with E-state index in [0.29, 0.717) is 5.41 Å². The van der Waals surface area contributed by atoms with Crippen LogP contribution in [-0.4, -0.2) is 6.41 Å². The second kappa shape index (κ2) is 9.57. The normalized spacial score (nSPS) is 12.4. The SMILES string of the molecule is CC.CCCC(C)(C)c1ccc2c(c1)CCC2.NC=O. The molecule has 0 aromatic heterocycles. The molecule has 20 heavy (non-hydrogen) atoms. The minimum atomic E-state index is 0.250. The Morgan fingerprint density at radius 2 is 1.75 bits per heavy atom. The maximum absolute atomic E-state index is 8.58. The molecule has 114 valence electrons. The molecule has 2 rings (SSSR count). The van der Waals surface area contributed by atoms with Gasteiger partial charge in [0.05, 0.1) is 0 Å². The molecule has 2 N–H and O–H groups in total. The second-order valence-electron chi connectivity index (χ2n) is 5.61. The Kier molecular flexibility index (Phi) is 8.94. The Hall–Kier alpha value is -1.31. The van der Waals surface area contributed by atoms with Crippen LogP contribution >= 0.6 is 0 Å². The lowest BCUT2D eigenvalue weighted by molar-refractivity contribution is -0.106. The fourth-order valence-corrected chi connectivity index (χ4v) is 2.76. The maximum atomic E-state index is 8.58. The first-order valence-electron chi connectivity index (χ1n) is 7.82. The van der Waals surface area contributed by atoms with Crippen molar-refractivity contribution in [2.75, 3.05) is 0 Å². The summed E-state index contributed by atoms with van der Waals surface area (Å²) in [6.45, 7) is 11.0. The van der Waals surface area contributed by atoms with E-state index in [4.69, 9.17) is 4.79 Å². The number of amides is 1. The van der Waals surface area contributed by atoms with E-state index in [1.807, 2.05) is 13.8 Å². The summed E-state index contributed by atoms with van der Waals surface area (Å²) in [5, 5.41) is 0. The highest BCUT2D eigenvalue weighted by Crippen LogP contribution is 2.32. The van der Waals surface area contributed by atoms with Crippen molar-refractivity contribution in [1.29, 1.82) is 0 Å². The summed E-state index contributed by atoms with van der Waals surface area (Å²) in [6.07, 6.45) is 6.75. The molecule has 2 nitrogen and oxygen atoms in total. The lowest BCUT2D eigenvalue weighted by atomic mass is 9.80. The molecule has 1 aliphatic carbocycles. The molecule has 0 bridgehead atoms. The van der Waals surface area contributed by atoms with Gasteiger partial charge in [-0.15, -0.1) is 0 Å². The topological polar surface area (TPSA) is 43.1 Å². The highest BCUT2D eigenvalue weighted by Gasteiger charge is 2.21. The zero-order valence-corrected chi connectivity index (χ0v) is 13.8. The van der Waals surface area contributed by atoms with Crippen molar-refractivity contribution >= 4 is 6.41 Å². The average Bonchev–Trinajstić information content (AvgIpc) is 2.89. The fraction of sp³-hybridized carbons (Fsp3) is 0.611. The van der Waals surface area contributed by atoms with Gasteiger partial charge in [-0.1, -0.05) is 59.2 Å². The predicted octanol–water partition coefficient (Wildman–Crippen LogP) is 4.38. The molecule has 2 heteroatoms. The van der Waals surface area contributed by atoms with E-state index >= 15 is 0 Å². The lowest BCUT2D eigenvalue weighted by Crippen LogP contribution is -2.16. The number of benzene rings is 1. The first-order valence-corrected chi connectivity index (χ1v) is 7.82. The summed E-state index contributed by atoms with van der Waals surface area (Å²) >= 11 is 0. The third-order valence-corrected chi connectivity index (χ3v) is 3.75. The van der Waals surface area contributed by atoms with Crippen molar-refractivity contribution in [3.8, 4) is 0 Å². The number of nitrogens with two attached hydrogens (primary N) is 1. The molecule has 0 saturated heterocycles. The van der Waals surface area contributed by atoms with E-state index in [-0.39, 0.29) is 6.41 Å². The number of primary amides is 1. The smallest absolute Gasteiger partial charge is 0.204 e. The van der Waals surface area contributed by atoms with Crippen molar-refractivity contribution < 1.29 is 4.79 Å². The number of carbonyl (C=O) groups is 1. The molecule has 0 fully saturated rings. The van der Waals surface area contributed by atoms with E-state index in [1.165, 1.54) is 37.7 Å². The van der Waals surface area contributed by atoms with E-state index in [0.717, 1.165) is 0 Å². The first kappa shape index (κ1) is 18.7. The summed E-state index contributed by atoms with van der Waals surface area (Å²) in [5.41, 5.74) is 9.25. The first-order chi connectivity index (χ1) is 9.55. The Balaban J connectivity index is 0.000000641. The third kappa shape index (κ3) is 5.36. The molecule has 0 atom stereocenters. The molecule has 1 aliphatic rings. The molecular weight excluding hydrogens is 246 g/mol. The highest BCUT2D eigenvalue weighted by atomic mass is 16.1. The molecule has 0 spiro atoms. The van der Waals surface area contributed by atoms with Crippen molar-refractivity contribution in [3.63, 3.8) is 0 Å². The van der Waals surface area contributed by atoms with Crippen molar-refractivity contribution in [2.24, 2.45) is 5.73 Å². The number of hydrogen-bond donors (Lipinski definition) is 1. The molecule has 1 amide bonds. The van der Waals surface area contributed by atoms with Crippen LogP contribution in [0.25, 0.3) is 0 Å². The molecular formula is C18H31NO. The number of rotatable bonds is 3. The molecule has 0 heterocycles. The van der Waals surface area contributed by atoms with Crippen LogP contribution in [0.15, 0.2) is 18.2 Å². The number of hydrogen-bond acceptors (Lipinski definition) is 1. The Morgan fingerprint density at radius 3 is 2.30 bits per heavy atom. The Morgan fingerprint density at radius 1 is 1.20 bits per heavy atom. The molecule has 0 unspecified atom stereocenters.